The SMILES string of the molecule is O=C(c1ccc(Cl)s1)N1C2CCC1CC(n1nccn1)C2. The highest BCUT2D eigenvalue weighted by atomic mass is 35.5. The number of piperidine rings is 1. The molecule has 4 heterocycles. The van der Waals surface area contributed by atoms with Crippen LogP contribution in [0, 0.1) is 0 Å². The maximum absolute atomic E-state index is 12.7. The molecule has 2 aromatic heterocycles. The van der Waals surface area contributed by atoms with Gasteiger partial charge in [-0.25, -0.2) is 0 Å². The molecule has 1 amide bonds. The van der Waals surface area contributed by atoms with Crippen LogP contribution in [0.2, 0.25) is 4.34 Å². The van der Waals surface area contributed by atoms with Crippen molar-refractivity contribution < 1.29 is 4.79 Å². The van der Waals surface area contributed by atoms with E-state index >= 15 is 0 Å². The number of rotatable bonds is 2. The van der Waals surface area contributed by atoms with Crippen molar-refractivity contribution in [3.63, 3.8) is 0 Å². The summed E-state index contributed by atoms with van der Waals surface area (Å²) in [5.41, 5.74) is 0. The molecule has 7 heteroatoms. The number of halogens is 1. The van der Waals surface area contributed by atoms with E-state index in [1.54, 1.807) is 23.3 Å². The second kappa shape index (κ2) is 5.10. The Labute approximate surface area is 131 Å². The lowest BCUT2D eigenvalue weighted by molar-refractivity contribution is 0.0517. The lowest BCUT2D eigenvalue weighted by atomic mass is 9.97. The molecule has 2 aromatic rings. The van der Waals surface area contributed by atoms with E-state index in [1.807, 2.05) is 6.07 Å². The first-order valence-corrected chi connectivity index (χ1v) is 8.35. The first kappa shape index (κ1) is 13.3. The molecule has 0 N–H and O–H groups in total. The third kappa shape index (κ3) is 2.26. The molecule has 110 valence electrons. The molecule has 2 unspecified atom stereocenters. The average Bonchev–Trinajstić information content (AvgIpc) is 3.18. The minimum Gasteiger partial charge on any atom is -0.332 e. The monoisotopic (exact) mass is 322 g/mol. The van der Waals surface area contributed by atoms with Crippen molar-refractivity contribution in [1.82, 2.24) is 19.9 Å². The number of aromatic nitrogens is 3. The molecule has 2 saturated heterocycles. The number of carbonyl (C=O) groups excluding carboxylic acids is 1. The van der Waals surface area contributed by atoms with E-state index in [2.05, 4.69) is 15.1 Å². The van der Waals surface area contributed by atoms with Crippen molar-refractivity contribution in [1.29, 1.82) is 0 Å². The number of hydrogen-bond acceptors (Lipinski definition) is 4. The van der Waals surface area contributed by atoms with Crippen molar-refractivity contribution >= 4 is 28.8 Å². The number of hydrogen-bond donors (Lipinski definition) is 0. The first-order chi connectivity index (χ1) is 10.2. The van der Waals surface area contributed by atoms with Crippen LogP contribution in [0.4, 0.5) is 0 Å². The van der Waals surface area contributed by atoms with Crippen LogP contribution in [0.3, 0.4) is 0 Å². The van der Waals surface area contributed by atoms with Crippen molar-refractivity contribution in [3.05, 3.63) is 33.7 Å². The summed E-state index contributed by atoms with van der Waals surface area (Å²) in [6.07, 6.45) is 7.47. The molecule has 0 saturated carbocycles. The molecule has 5 nitrogen and oxygen atoms in total. The summed E-state index contributed by atoms with van der Waals surface area (Å²) in [5, 5.41) is 8.51. The molecular weight excluding hydrogens is 308 g/mol. The summed E-state index contributed by atoms with van der Waals surface area (Å²) in [6.45, 7) is 0. The number of nitrogens with zero attached hydrogens (tertiary/aromatic N) is 4. The summed E-state index contributed by atoms with van der Waals surface area (Å²) in [7, 11) is 0. The van der Waals surface area contributed by atoms with Crippen LogP contribution in [0.5, 0.6) is 0 Å². The van der Waals surface area contributed by atoms with E-state index in [9.17, 15) is 4.79 Å². The Morgan fingerprint density at radius 3 is 2.38 bits per heavy atom. The number of amides is 1. The third-order valence-corrected chi connectivity index (χ3v) is 5.71. The van der Waals surface area contributed by atoms with Gasteiger partial charge in [-0.15, -0.1) is 11.3 Å². The van der Waals surface area contributed by atoms with E-state index in [1.165, 1.54) is 11.3 Å². The lowest BCUT2D eigenvalue weighted by Crippen LogP contribution is -2.47. The molecule has 4 rings (SSSR count). The molecule has 21 heavy (non-hydrogen) atoms. The van der Waals surface area contributed by atoms with Gasteiger partial charge in [-0.05, 0) is 37.8 Å². The van der Waals surface area contributed by atoms with Gasteiger partial charge in [0, 0.05) is 12.1 Å². The zero-order chi connectivity index (χ0) is 14.4. The highest BCUT2D eigenvalue weighted by Crippen LogP contribution is 2.41. The second-order valence-corrected chi connectivity index (χ2v) is 7.39. The standard InChI is InChI=1S/C14H15ClN4OS/c15-13-4-3-12(21-13)14(20)18-9-1-2-10(18)8-11(7-9)19-16-5-6-17-19/h3-6,9-11H,1-2,7-8H2. The quantitative estimate of drug-likeness (QED) is 0.854. The van der Waals surface area contributed by atoms with Crippen LogP contribution in [0.1, 0.15) is 41.4 Å². The van der Waals surface area contributed by atoms with E-state index in [0.717, 1.165) is 30.6 Å². The van der Waals surface area contributed by atoms with Crippen LogP contribution < -0.4 is 0 Å². The fraction of sp³-hybridized carbons (Fsp3) is 0.500. The average molecular weight is 323 g/mol. The molecule has 2 bridgehead atoms. The molecule has 2 fully saturated rings. The van der Waals surface area contributed by atoms with Crippen molar-refractivity contribution in [3.8, 4) is 0 Å². The fourth-order valence-corrected chi connectivity index (χ4v) is 4.63. The maximum atomic E-state index is 12.7. The Morgan fingerprint density at radius 2 is 1.81 bits per heavy atom. The Hall–Kier alpha value is -1.40. The molecule has 0 spiro atoms. The summed E-state index contributed by atoms with van der Waals surface area (Å²) >= 11 is 7.31. The zero-order valence-electron chi connectivity index (χ0n) is 11.4. The van der Waals surface area contributed by atoms with Crippen LogP contribution in [0.15, 0.2) is 24.5 Å². The highest BCUT2D eigenvalue weighted by Gasteiger charge is 2.44. The largest absolute Gasteiger partial charge is 0.332 e. The van der Waals surface area contributed by atoms with E-state index in [-0.39, 0.29) is 5.91 Å². The van der Waals surface area contributed by atoms with E-state index in [0.29, 0.717) is 22.5 Å². The van der Waals surface area contributed by atoms with Gasteiger partial charge in [-0.3, -0.25) is 4.79 Å². The molecule has 2 aliphatic rings. The molecule has 0 aliphatic carbocycles. The summed E-state index contributed by atoms with van der Waals surface area (Å²) in [4.78, 5) is 17.3. The molecular formula is C14H15ClN4OS. The number of carbonyl (C=O) groups is 1. The normalized spacial score (nSPS) is 28.0. The Bertz CT molecular complexity index is 642. The fourth-order valence-electron chi connectivity index (χ4n) is 3.64. The summed E-state index contributed by atoms with van der Waals surface area (Å²) in [5.74, 6) is 0.131. The van der Waals surface area contributed by atoms with E-state index < -0.39 is 0 Å². The molecule has 0 aromatic carbocycles. The topological polar surface area (TPSA) is 51.0 Å². The van der Waals surface area contributed by atoms with E-state index in [4.69, 9.17) is 11.6 Å². The van der Waals surface area contributed by atoms with Gasteiger partial charge in [0.2, 0.25) is 0 Å². The van der Waals surface area contributed by atoms with Gasteiger partial charge in [-0.2, -0.15) is 15.0 Å². The van der Waals surface area contributed by atoms with Crippen LogP contribution in [-0.2, 0) is 0 Å². The Balaban J connectivity index is 1.55. The van der Waals surface area contributed by atoms with Gasteiger partial charge in [0.1, 0.15) is 0 Å². The van der Waals surface area contributed by atoms with Crippen molar-refractivity contribution in [2.24, 2.45) is 0 Å². The van der Waals surface area contributed by atoms with Crippen molar-refractivity contribution in [2.75, 3.05) is 0 Å². The highest BCUT2D eigenvalue weighted by molar-refractivity contribution is 7.17. The van der Waals surface area contributed by atoms with Crippen molar-refractivity contribution in [2.45, 2.75) is 43.8 Å². The van der Waals surface area contributed by atoms with Crippen LogP contribution >= 0.6 is 22.9 Å². The first-order valence-electron chi connectivity index (χ1n) is 7.16. The van der Waals surface area contributed by atoms with Gasteiger partial charge < -0.3 is 4.90 Å². The number of fused-ring (bicyclic) bond motifs is 2. The Morgan fingerprint density at radius 1 is 1.14 bits per heavy atom. The van der Waals surface area contributed by atoms with Gasteiger partial charge in [0.25, 0.3) is 5.91 Å². The predicted molar refractivity (Wildman–Crippen MR) is 80.6 cm³/mol. The minimum atomic E-state index is 0.131. The Kier molecular flexibility index (Phi) is 3.23. The molecule has 2 aliphatic heterocycles. The van der Waals surface area contributed by atoms with Gasteiger partial charge >= 0.3 is 0 Å². The van der Waals surface area contributed by atoms with Gasteiger partial charge in [0.15, 0.2) is 0 Å². The molecule has 2 atom stereocenters. The third-order valence-electron chi connectivity index (χ3n) is 4.49. The minimum absolute atomic E-state index is 0.131. The summed E-state index contributed by atoms with van der Waals surface area (Å²) in [6, 6.07) is 4.53. The number of thiophene rings is 1. The second-order valence-electron chi connectivity index (χ2n) is 5.68. The van der Waals surface area contributed by atoms with Gasteiger partial charge in [0.05, 0.1) is 27.6 Å². The predicted octanol–water partition coefficient (Wildman–Crippen LogP) is 3.00. The zero-order valence-corrected chi connectivity index (χ0v) is 12.9. The lowest BCUT2D eigenvalue weighted by Gasteiger charge is -2.38. The molecule has 0 radical (unpaired) electrons. The van der Waals surface area contributed by atoms with Crippen LogP contribution in [0.25, 0.3) is 0 Å². The maximum Gasteiger partial charge on any atom is 0.264 e. The smallest absolute Gasteiger partial charge is 0.264 e. The van der Waals surface area contributed by atoms with Crippen LogP contribution in [-0.4, -0.2) is 37.9 Å². The summed E-state index contributed by atoms with van der Waals surface area (Å²) < 4.78 is 0.668. The van der Waals surface area contributed by atoms with Gasteiger partial charge in [-0.1, -0.05) is 11.6 Å².